The van der Waals surface area contributed by atoms with Crippen molar-refractivity contribution in [2.45, 2.75) is 11.8 Å². The van der Waals surface area contributed by atoms with E-state index in [0.29, 0.717) is 11.4 Å². The largest absolute Gasteiger partial charge is 0.397 e. The van der Waals surface area contributed by atoms with E-state index >= 15 is 0 Å². The molecule has 106 valence electrons. The van der Waals surface area contributed by atoms with Crippen LogP contribution in [0, 0.1) is 6.92 Å². The molecule has 0 aliphatic heterocycles. The van der Waals surface area contributed by atoms with Crippen LogP contribution in [-0.4, -0.2) is 8.42 Å². The zero-order chi connectivity index (χ0) is 14.9. The zero-order valence-electron chi connectivity index (χ0n) is 10.5. The second-order valence-corrected chi connectivity index (χ2v) is 6.86. The SMILES string of the molecule is Cc1ccc(NS(=O)(=O)c2cc(Cl)cc(Cl)c2)c(N)c1. The Morgan fingerprint density at radius 1 is 1.05 bits per heavy atom. The third-order valence-corrected chi connectivity index (χ3v) is 4.38. The standard InChI is InChI=1S/C13H12Cl2N2O2S/c1-8-2-3-13(12(16)4-8)17-20(18,19)11-6-9(14)5-10(15)7-11/h2-7,17H,16H2,1H3. The average Bonchev–Trinajstić information content (AvgIpc) is 2.31. The van der Waals surface area contributed by atoms with Gasteiger partial charge in [-0.1, -0.05) is 29.3 Å². The van der Waals surface area contributed by atoms with Crippen LogP contribution in [0.5, 0.6) is 0 Å². The molecule has 3 N–H and O–H groups in total. The van der Waals surface area contributed by atoms with Crippen molar-refractivity contribution in [1.29, 1.82) is 0 Å². The maximum atomic E-state index is 12.3. The van der Waals surface area contributed by atoms with Gasteiger partial charge in [0.2, 0.25) is 0 Å². The summed E-state index contributed by atoms with van der Waals surface area (Å²) in [4.78, 5) is -0.0185. The number of hydrogen-bond acceptors (Lipinski definition) is 3. The molecule has 0 atom stereocenters. The summed E-state index contributed by atoms with van der Waals surface area (Å²) in [7, 11) is -3.79. The van der Waals surface area contributed by atoms with E-state index in [2.05, 4.69) is 4.72 Å². The molecule has 20 heavy (non-hydrogen) atoms. The summed E-state index contributed by atoms with van der Waals surface area (Å²) >= 11 is 11.6. The van der Waals surface area contributed by atoms with Gasteiger partial charge in [0.15, 0.2) is 0 Å². The van der Waals surface area contributed by atoms with Gasteiger partial charge in [-0.15, -0.1) is 0 Å². The maximum absolute atomic E-state index is 12.3. The smallest absolute Gasteiger partial charge is 0.262 e. The molecule has 0 heterocycles. The molecular weight excluding hydrogens is 319 g/mol. The van der Waals surface area contributed by atoms with Crippen molar-refractivity contribution in [3.05, 3.63) is 52.0 Å². The quantitative estimate of drug-likeness (QED) is 0.843. The molecule has 0 unspecified atom stereocenters. The fourth-order valence-electron chi connectivity index (χ4n) is 1.66. The lowest BCUT2D eigenvalue weighted by Crippen LogP contribution is -2.14. The Morgan fingerprint density at radius 3 is 2.20 bits per heavy atom. The van der Waals surface area contributed by atoms with Gasteiger partial charge in [-0.25, -0.2) is 8.42 Å². The second kappa shape index (κ2) is 5.52. The van der Waals surface area contributed by atoms with E-state index in [1.54, 1.807) is 18.2 Å². The Bertz CT molecular complexity index is 741. The van der Waals surface area contributed by atoms with Crippen molar-refractivity contribution in [1.82, 2.24) is 0 Å². The van der Waals surface area contributed by atoms with Gasteiger partial charge in [0.1, 0.15) is 0 Å². The van der Waals surface area contributed by atoms with E-state index in [-0.39, 0.29) is 14.9 Å². The number of rotatable bonds is 3. The van der Waals surface area contributed by atoms with E-state index < -0.39 is 10.0 Å². The van der Waals surface area contributed by atoms with Crippen molar-refractivity contribution in [3.63, 3.8) is 0 Å². The highest BCUT2D eigenvalue weighted by atomic mass is 35.5. The molecule has 0 saturated carbocycles. The van der Waals surface area contributed by atoms with Gasteiger partial charge in [-0.3, -0.25) is 4.72 Å². The predicted molar refractivity (Wildman–Crippen MR) is 82.9 cm³/mol. The van der Waals surface area contributed by atoms with Gasteiger partial charge >= 0.3 is 0 Å². The van der Waals surface area contributed by atoms with Crippen molar-refractivity contribution >= 4 is 44.6 Å². The number of anilines is 2. The highest BCUT2D eigenvalue weighted by molar-refractivity contribution is 7.92. The molecule has 0 amide bonds. The van der Waals surface area contributed by atoms with Crippen LogP contribution in [0.1, 0.15) is 5.56 Å². The summed E-state index contributed by atoms with van der Waals surface area (Å²) < 4.78 is 26.9. The van der Waals surface area contributed by atoms with Gasteiger partial charge in [-0.05, 0) is 42.8 Å². The highest BCUT2D eigenvalue weighted by Crippen LogP contribution is 2.26. The molecule has 2 aromatic rings. The lowest BCUT2D eigenvalue weighted by atomic mass is 10.2. The number of benzene rings is 2. The number of sulfonamides is 1. The molecular formula is C13H12Cl2N2O2S. The molecule has 7 heteroatoms. The second-order valence-electron chi connectivity index (χ2n) is 4.30. The molecule has 0 spiro atoms. The fourth-order valence-corrected chi connectivity index (χ4v) is 3.48. The third kappa shape index (κ3) is 3.36. The number of aryl methyl sites for hydroxylation is 1. The number of hydrogen-bond donors (Lipinski definition) is 2. The summed E-state index contributed by atoms with van der Waals surface area (Å²) in [6, 6.07) is 9.15. The summed E-state index contributed by atoms with van der Waals surface area (Å²) in [5, 5.41) is 0.490. The number of halogens is 2. The third-order valence-electron chi connectivity index (χ3n) is 2.60. The molecule has 0 bridgehead atoms. The van der Waals surface area contributed by atoms with Gasteiger partial charge in [0.25, 0.3) is 10.0 Å². The molecule has 0 radical (unpaired) electrons. The summed E-state index contributed by atoms with van der Waals surface area (Å²) in [6.07, 6.45) is 0. The minimum atomic E-state index is -3.79. The number of nitrogens with one attached hydrogen (secondary N) is 1. The molecule has 0 fully saturated rings. The molecule has 0 aliphatic carbocycles. The van der Waals surface area contributed by atoms with Crippen LogP contribution < -0.4 is 10.5 Å². The summed E-state index contributed by atoms with van der Waals surface area (Å²) in [5.74, 6) is 0. The first-order chi connectivity index (χ1) is 9.28. The minimum Gasteiger partial charge on any atom is -0.397 e. The Hall–Kier alpha value is -1.43. The molecule has 0 saturated heterocycles. The number of nitrogen functional groups attached to an aromatic ring is 1. The van der Waals surface area contributed by atoms with Crippen LogP contribution in [0.25, 0.3) is 0 Å². The van der Waals surface area contributed by atoms with Crippen molar-refractivity contribution < 1.29 is 8.42 Å². The van der Waals surface area contributed by atoms with Crippen LogP contribution in [0.3, 0.4) is 0 Å². The van der Waals surface area contributed by atoms with E-state index in [4.69, 9.17) is 28.9 Å². The van der Waals surface area contributed by atoms with Gasteiger partial charge in [0.05, 0.1) is 16.3 Å². The van der Waals surface area contributed by atoms with Crippen molar-refractivity contribution in [2.24, 2.45) is 0 Å². The van der Waals surface area contributed by atoms with E-state index in [1.807, 2.05) is 6.92 Å². The van der Waals surface area contributed by atoms with E-state index in [0.717, 1.165) is 5.56 Å². The van der Waals surface area contributed by atoms with Crippen LogP contribution in [0.4, 0.5) is 11.4 Å². The van der Waals surface area contributed by atoms with Gasteiger partial charge < -0.3 is 5.73 Å². The Balaban J connectivity index is 2.40. The molecule has 0 aromatic heterocycles. The molecule has 2 rings (SSSR count). The average molecular weight is 331 g/mol. The highest BCUT2D eigenvalue weighted by Gasteiger charge is 2.17. The van der Waals surface area contributed by atoms with Crippen molar-refractivity contribution in [3.8, 4) is 0 Å². The summed E-state index contributed by atoms with van der Waals surface area (Å²) in [6.45, 7) is 1.87. The van der Waals surface area contributed by atoms with E-state index in [1.165, 1.54) is 18.2 Å². The molecule has 2 aromatic carbocycles. The Labute approximate surface area is 127 Å². The first-order valence-corrected chi connectivity index (χ1v) is 7.87. The van der Waals surface area contributed by atoms with Crippen LogP contribution in [0.15, 0.2) is 41.3 Å². The van der Waals surface area contributed by atoms with Crippen LogP contribution in [0.2, 0.25) is 10.0 Å². The maximum Gasteiger partial charge on any atom is 0.262 e. The summed E-state index contributed by atoms with van der Waals surface area (Å²) in [5.41, 5.74) is 7.39. The molecule has 4 nitrogen and oxygen atoms in total. The van der Waals surface area contributed by atoms with Gasteiger partial charge in [-0.2, -0.15) is 0 Å². The number of nitrogens with two attached hydrogens (primary N) is 1. The van der Waals surface area contributed by atoms with Crippen LogP contribution >= 0.6 is 23.2 Å². The first kappa shape index (κ1) is 15.0. The zero-order valence-corrected chi connectivity index (χ0v) is 12.9. The Kier molecular flexibility index (Phi) is 4.13. The van der Waals surface area contributed by atoms with E-state index in [9.17, 15) is 8.42 Å². The lowest BCUT2D eigenvalue weighted by molar-refractivity contribution is 0.601. The molecule has 0 aliphatic rings. The van der Waals surface area contributed by atoms with Crippen LogP contribution in [-0.2, 0) is 10.0 Å². The lowest BCUT2D eigenvalue weighted by Gasteiger charge is -2.11. The monoisotopic (exact) mass is 330 g/mol. The topological polar surface area (TPSA) is 72.2 Å². The van der Waals surface area contributed by atoms with Gasteiger partial charge in [0, 0.05) is 10.0 Å². The predicted octanol–water partition coefficient (Wildman–Crippen LogP) is 3.68. The van der Waals surface area contributed by atoms with Crippen molar-refractivity contribution in [2.75, 3.05) is 10.5 Å². The minimum absolute atomic E-state index is 0.0185. The Morgan fingerprint density at radius 2 is 1.65 bits per heavy atom. The fraction of sp³-hybridized carbons (Fsp3) is 0.0769. The normalized spacial score (nSPS) is 11.3. The first-order valence-electron chi connectivity index (χ1n) is 5.63.